The molecular formula is C17H10ClNO4. The molecule has 1 aliphatic heterocycles. The number of halogens is 1. The maximum absolute atomic E-state index is 12.4. The van der Waals surface area contributed by atoms with Gasteiger partial charge < -0.3 is 19.9 Å². The van der Waals surface area contributed by atoms with E-state index in [0.29, 0.717) is 5.02 Å². The fraction of sp³-hybridized carbons (Fsp3) is 0. The maximum Gasteiger partial charge on any atom is 0.235 e. The fourth-order valence-electron chi connectivity index (χ4n) is 2.65. The molecule has 0 saturated carbocycles. The van der Waals surface area contributed by atoms with Crippen LogP contribution in [0.15, 0.2) is 42.3 Å². The van der Waals surface area contributed by atoms with Crippen molar-refractivity contribution in [1.29, 1.82) is 0 Å². The van der Waals surface area contributed by atoms with Gasteiger partial charge in [-0.2, -0.15) is 0 Å². The molecule has 114 valence electrons. The van der Waals surface area contributed by atoms with Gasteiger partial charge in [0.1, 0.15) is 22.8 Å². The molecule has 2 aromatic carbocycles. The lowest BCUT2D eigenvalue weighted by atomic mass is 10.1. The van der Waals surface area contributed by atoms with E-state index in [1.165, 1.54) is 6.07 Å². The van der Waals surface area contributed by atoms with Gasteiger partial charge in [0.2, 0.25) is 5.78 Å². The van der Waals surface area contributed by atoms with Crippen LogP contribution >= 0.6 is 11.6 Å². The number of fused-ring (bicyclic) bond motifs is 2. The molecule has 3 N–H and O–H groups in total. The van der Waals surface area contributed by atoms with E-state index in [2.05, 4.69) is 4.98 Å². The zero-order chi connectivity index (χ0) is 16.1. The lowest BCUT2D eigenvalue weighted by Crippen LogP contribution is -1.98. The molecule has 0 amide bonds. The van der Waals surface area contributed by atoms with E-state index in [0.717, 1.165) is 22.5 Å². The number of ether oxygens (including phenoxy) is 1. The van der Waals surface area contributed by atoms with E-state index < -0.39 is 5.78 Å². The monoisotopic (exact) mass is 327 g/mol. The number of aromatic amines is 1. The predicted molar refractivity (Wildman–Crippen MR) is 86.0 cm³/mol. The first-order chi connectivity index (χ1) is 11.0. The normalized spacial score (nSPS) is 15.2. The molecule has 1 aliphatic rings. The third-order valence-corrected chi connectivity index (χ3v) is 3.93. The third kappa shape index (κ3) is 2.13. The van der Waals surface area contributed by atoms with Crippen molar-refractivity contribution in [2.24, 2.45) is 0 Å². The van der Waals surface area contributed by atoms with Gasteiger partial charge in [-0.15, -0.1) is 0 Å². The van der Waals surface area contributed by atoms with E-state index in [1.54, 1.807) is 24.4 Å². The van der Waals surface area contributed by atoms with Crippen molar-refractivity contribution in [3.8, 4) is 17.2 Å². The summed E-state index contributed by atoms with van der Waals surface area (Å²) in [5.41, 5.74) is 1.67. The Hall–Kier alpha value is -2.92. The van der Waals surface area contributed by atoms with Gasteiger partial charge in [-0.25, -0.2) is 0 Å². The lowest BCUT2D eigenvalue weighted by molar-refractivity contribution is 0.101. The maximum atomic E-state index is 12.4. The minimum Gasteiger partial charge on any atom is -0.508 e. The molecule has 3 aromatic rings. The number of rotatable bonds is 1. The second-order valence-corrected chi connectivity index (χ2v) is 5.65. The van der Waals surface area contributed by atoms with Gasteiger partial charge in [0.15, 0.2) is 5.76 Å². The summed E-state index contributed by atoms with van der Waals surface area (Å²) in [5, 5.41) is 20.7. The number of aromatic nitrogens is 1. The molecule has 0 bridgehead atoms. The van der Waals surface area contributed by atoms with Crippen LogP contribution in [-0.4, -0.2) is 21.0 Å². The highest BCUT2D eigenvalue weighted by molar-refractivity contribution is 6.31. The Morgan fingerprint density at radius 3 is 2.83 bits per heavy atom. The minimum atomic E-state index is -0.436. The smallest absolute Gasteiger partial charge is 0.235 e. The van der Waals surface area contributed by atoms with Crippen LogP contribution in [0.4, 0.5) is 0 Å². The summed E-state index contributed by atoms with van der Waals surface area (Å²) >= 11 is 6.01. The van der Waals surface area contributed by atoms with E-state index in [-0.39, 0.29) is 28.6 Å². The Morgan fingerprint density at radius 1 is 1.17 bits per heavy atom. The van der Waals surface area contributed by atoms with Gasteiger partial charge in [0, 0.05) is 39.8 Å². The van der Waals surface area contributed by atoms with Crippen molar-refractivity contribution in [2.75, 3.05) is 0 Å². The summed E-state index contributed by atoms with van der Waals surface area (Å²) < 4.78 is 5.48. The van der Waals surface area contributed by atoms with Crippen LogP contribution in [0.1, 0.15) is 15.9 Å². The molecule has 4 rings (SSSR count). The average Bonchev–Trinajstić information content (AvgIpc) is 3.01. The molecule has 0 atom stereocenters. The number of H-pyrrole nitrogens is 1. The van der Waals surface area contributed by atoms with Gasteiger partial charge >= 0.3 is 0 Å². The zero-order valence-electron chi connectivity index (χ0n) is 11.6. The summed E-state index contributed by atoms with van der Waals surface area (Å²) in [6.07, 6.45) is 3.32. The topological polar surface area (TPSA) is 82.6 Å². The molecule has 1 aromatic heterocycles. The molecule has 5 nitrogen and oxygen atoms in total. The molecule has 0 spiro atoms. The van der Waals surface area contributed by atoms with Crippen LogP contribution in [-0.2, 0) is 0 Å². The standard InChI is InChI=1S/C17H10ClNO4/c18-9-1-2-12-11(4-9)8(7-19-12)3-15-17(22)16-13(21)5-10(20)6-14(16)23-15/h1-7,19-21H. The summed E-state index contributed by atoms with van der Waals surface area (Å²) in [6, 6.07) is 7.80. The third-order valence-electron chi connectivity index (χ3n) is 3.70. The van der Waals surface area contributed by atoms with E-state index in [4.69, 9.17) is 16.3 Å². The number of carbonyl (C=O) groups is 1. The Morgan fingerprint density at radius 2 is 2.00 bits per heavy atom. The number of allylic oxidation sites excluding steroid dienone is 1. The highest BCUT2D eigenvalue weighted by atomic mass is 35.5. The Bertz CT molecular complexity index is 1000. The van der Waals surface area contributed by atoms with Crippen LogP contribution in [0.5, 0.6) is 17.2 Å². The van der Waals surface area contributed by atoms with E-state index >= 15 is 0 Å². The molecule has 0 saturated heterocycles. The molecule has 23 heavy (non-hydrogen) atoms. The number of hydrogen-bond acceptors (Lipinski definition) is 4. The van der Waals surface area contributed by atoms with Gasteiger partial charge in [-0.05, 0) is 24.3 Å². The van der Waals surface area contributed by atoms with Crippen molar-refractivity contribution in [2.45, 2.75) is 0 Å². The van der Waals surface area contributed by atoms with Crippen LogP contribution in [0.2, 0.25) is 5.02 Å². The van der Waals surface area contributed by atoms with Crippen LogP contribution in [0, 0.1) is 0 Å². The van der Waals surface area contributed by atoms with Crippen molar-refractivity contribution < 1.29 is 19.7 Å². The molecule has 0 unspecified atom stereocenters. The van der Waals surface area contributed by atoms with Crippen molar-refractivity contribution >= 4 is 34.4 Å². The highest BCUT2D eigenvalue weighted by Crippen LogP contribution is 2.40. The SMILES string of the molecule is O=C1C(=Cc2c[nH]c3ccc(Cl)cc23)Oc2cc(O)cc(O)c21. The Kier molecular flexibility index (Phi) is 2.86. The summed E-state index contributed by atoms with van der Waals surface area (Å²) in [4.78, 5) is 15.5. The van der Waals surface area contributed by atoms with Crippen LogP contribution in [0.25, 0.3) is 17.0 Å². The van der Waals surface area contributed by atoms with Gasteiger partial charge in [-0.1, -0.05) is 11.6 Å². The molecule has 2 heterocycles. The number of ketones is 1. The lowest BCUT2D eigenvalue weighted by Gasteiger charge is -2.00. The average molecular weight is 328 g/mol. The fourth-order valence-corrected chi connectivity index (χ4v) is 2.83. The first kappa shape index (κ1) is 13.7. The number of aromatic hydroxyl groups is 2. The number of hydrogen-bond donors (Lipinski definition) is 3. The molecule has 6 heteroatoms. The van der Waals surface area contributed by atoms with E-state index in [9.17, 15) is 15.0 Å². The largest absolute Gasteiger partial charge is 0.508 e. The van der Waals surface area contributed by atoms with Crippen LogP contribution < -0.4 is 4.74 Å². The zero-order valence-corrected chi connectivity index (χ0v) is 12.4. The predicted octanol–water partition coefficient (Wildman–Crippen LogP) is 3.85. The molecular weight excluding hydrogens is 318 g/mol. The summed E-state index contributed by atoms with van der Waals surface area (Å²) in [5.74, 6) is -0.711. The molecule has 0 radical (unpaired) electrons. The van der Waals surface area contributed by atoms with Gasteiger partial charge in [0.05, 0.1) is 0 Å². The molecule has 0 fully saturated rings. The molecule has 0 aliphatic carbocycles. The first-order valence-corrected chi connectivity index (χ1v) is 7.17. The number of benzene rings is 2. The van der Waals surface area contributed by atoms with Crippen molar-refractivity contribution in [3.05, 3.63) is 58.4 Å². The summed E-state index contributed by atoms with van der Waals surface area (Å²) in [7, 11) is 0. The Balaban J connectivity index is 1.82. The van der Waals surface area contributed by atoms with Crippen molar-refractivity contribution in [1.82, 2.24) is 4.98 Å². The second kappa shape index (κ2) is 4.79. The number of nitrogens with one attached hydrogen (secondary N) is 1. The Labute approximate surface area is 135 Å². The first-order valence-electron chi connectivity index (χ1n) is 6.80. The second-order valence-electron chi connectivity index (χ2n) is 5.21. The number of phenols is 2. The van der Waals surface area contributed by atoms with Crippen molar-refractivity contribution in [3.63, 3.8) is 0 Å². The number of carbonyl (C=O) groups excluding carboxylic acids is 1. The van der Waals surface area contributed by atoms with Gasteiger partial charge in [0.25, 0.3) is 0 Å². The summed E-state index contributed by atoms with van der Waals surface area (Å²) in [6.45, 7) is 0. The van der Waals surface area contributed by atoms with E-state index in [1.807, 2.05) is 6.07 Å². The van der Waals surface area contributed by atoms with Crippen LogP contribution in [0.3, 0.4) is 0 Å². The van der Waals surface area contributed by atoms with Gasteiger partial charge in [-0.3, -0.25) is 4.79 Å². The highest BCUT2D eigenvalue weighted by Gasteiger charge is 2.31. The quantitative estimate of drug-likeness (QED) is 0.593. The number of Topliss-reactive ketones (excluding diaryl/α,β-unsaturated/α-hetero) is 1. The number of phenolic OH excluding ortho intramolecular Hbond substituents is 2. The minimum absolute atomic E-state index is 0.0481.